The molecule has 0 bridgehead atoms. The van der Waals surface area contributed by atoms with Crippen LogP contribution in [0.1, 0.15) is 42.2 Å². The molecular weight excluding hydrogens is 352 g/mol. The van der Waals surface area contributed by atoms with Crippen molar-refractivity contribution >= 4 is 0 Å². The lowest BCUT2D eigenvalue weighted by Crippen LogP contribution is -2.20. The van der Waals surface area contributed by atoms with Gasteiger partial charge in [-0.15, -0.1) is 6.58 Å². The van der Waals surface area contributed by atoms with E-state index in [4.69, 9.17) is 18.9 Å². The van der Waals surface area contributed by atoms with Crippen LogP contribution >= 0.6 is 0 Å². The summed E-state index contributed by atoms with van der Waals surface area (Å²) in [7, 11) is 0. The molecule has 2 heterocycles. The molecule has 2 unspecified atom stereocenters. The van der Waals surface area contributed by atoms with E-state index in [0.29, 0.717) is 20.0 Å². The highest BCUT2D eigenvalue weighted by Crippen LogP contribution is 2.35. The van der Waals surface area contributed by atoms with Crippen molar-refractivity contribution < 1.29 is 18.9 Å². The molecule has 4 nitrogen and oxygen atoms in total. The van der Waals surface area contributed by atoms with Crippen LogP contribution in [-0.2, 0) is 26.0 Å². The van der Waals surface area contributed by atoms with Gasteiger partial charge >= 0.3 is 0 Å². The van der Waals surface area contributed by atoms with Crippen LogP contribution in [0.5, 0.6) is 5.75 Å². The van der Waals surface area contributed by atoms with Crippen LogP contribution in [-0.4, -0.2) is 32.7 Å². The Balaban J connectivity index is 1.56. The van der Waals surface area contributed by atoms with E-state index in [1.165, 1.54) is 22.3 Å². The second-order valence-electron chi connectivity index (χ2n) is 7.97. The minimum atomic E-state index is -0.125. The molecule has 0 radical (unpaired) electrons. The van der Waals surface area contributed by atoms with Crippen LogP contribution < -0.4 is 4.74 Å². The number of rotatable bonds is 8. The van der Waals surface area contributed by atoms with Gasteiger partial charge in [-0.1, -0.05) is 50.3 Å². The van der Waals surface area contributed by atoms with Crippen LogP contribution in [0.15, 0.2) is 55.1 Å². The van der Waals surface area contributed by atoms with E-state index in [1.807, 2.05) is 18.2 Å². The highest BCUT2D eigenvalue weighted by Gasteiger charge is 2.27. The van der Waals surface area contributed by atoms with Crippen LogP contribution in [0.25, 0.3) is 0 Å². The first-order valence-corrected chi connectivity index (χ1v) is 9.86. The summed E-state index contributed by atoms with van der Waals surface area (Å²) in [6.45, 7) is 10.8. The number of benzene rings is 2. The predicted molar refractivity (Wildman–Crippen MR) is 109 cm³/mol. The first-order valence-electron chi connectivity index (χ1n) is 9.86. The molecule has 0 aliphatic carbocycles. The molecule has 2 aromatic rings. The van der Waals surface area contributed by atoms with Crippen molar-refractivity contribution in [2.75, 3.05) is 26.6 Å². The zero-order chi connectivity index (χ0) is 19.6. The SMILES string of the molecule is C=CCc1cc(C(C)(C)c2ccc(OCC3CO3)cc2)ccc1C1COCO1. The topological polar surface area (TPSA) is 40.2 Å². The summed E-state index contributed by atoms with van der Waals surface area (Å²) in [5, 5.41) is 0. The predicted octanol–water partition coefficient (Wildman–Crippen LogP) is 4.56. The van der Waals surface area contributed by atoms with Crippen molar-refractivity contribution in [3.8, 4) is 5.75 Å². The molecule has 4 heteroatoms. The van der Waals surface area contributed by atoms with Crippen molar-refractivity contribution in [3.63, 3.8) is 0 Å². The molecule has 2 fully saturated rings. The summed E-state index contributed by atoms with van der Waals surface area (Å²) in [6.07, 6.45) is 3.04. The largest absolute Gasteiger partial charge is 0.491 e. The van der Waals surface area contributed by atoms with E-state index in [2.05, 4.69) is 50.8 Å². The van der Waals surface area contributed by atoms with Gasteiger partial charge < -0.3 is 18.9 Å². The quantitative estimate of drug-likeness (QED) is 0.497. The Bertz CT molecular complexity index is 815. The van der Waals surface area contributed by atoms with E-state index >= 15 is 0 Å². The van der Waals surface area contributed by atoms with Crippen molar-refractivity contribution in [2.45, 2.75) is 37.9 Å². The third kappa shape index (κ3) is 4.14. The molecule has 28 heavy (non-hydrogen) atoms. The third-order valence-electron chi connectivity index (χ3n) is 5.61. The van der Waals surface area contributed by atoms with Crippen LogP contribution in [0.2, 0.25) is 0 Å². The maximum absolute atomic E-state index is 5.77. The van der Waals surface area contributed by atoms with Gasteiger partial charge in [0.25, 0.3) is 0 Å². The van der Waals surface area contributed by atoms with E-state index in [0.717, 1.165) is 18.8 Å². The standard InChI is InChI=1S/C24H28O4/c1-4-5-17-12-19(8-11-22(17)23-15-25-16-28-23)24(2,3)18-6-9-20(10-7-18)26-13-21-14-27-21/h4,6-12,21,23H,1,5,13-16H2,2-3H3. The van der Waals surface area contributed by atoms with Gasteiger partial charge in [-0.3, -0.25) is 0 Å². The van der Waals surface area contributed by atoms with Gasteiger partial charge in [0.1, 0.15) is 31.4 Å². The van der Waals surface area contributed by atoms with Gasteiger partial charge in [0, 0.05) is 5.41 Å². The number of hydrogen-bond donors (Lipinski definition) is 0. The lowest BCUT2D eigenvalue weighted by Gasteiger charge is -2.28. The number of hydrogen-bond acceptors (Lipinski definition) is 4. The Morgan fingerprint density at radius 3 is 2.46 bits per heavy atom. The number of epoxide rings is 1. The van der Waals surface area contributed by atoms with Crippen molar-refractivity contribution in [1.82, 2.24) is 0 Å². The zero-order valence-corrected chi connectivity index (χ0v) is 16.6. The van der Waals surface area contributed by atoms with Gasteiger partial charge in [0.15, 0.2) is 0 Å². The first kappa shape index (κ1) is 19.2. The van der Waals surface area contributed by atoms with Gasteiger partial charge in [-0.05, 0) is 40.8 Å². The van der Waals surface area contributed by atoms with Crippen LogP contribution in [0.4, 0.5) is 0 Å². The van der Waals surface area contributed by atoms with E-state index < -0.39 is 0 Å². The molecule has 0 amide bonds. The fraction of sp³-hybridized carbons (Fsp3) is 0.417. The fourth-order valence-electron chi connectivity index (χ4n) is 3.64. The Hall–Kier alpha value is -2.14. The third-order valence-corrected chi connectivity index (χ3v) is 5.61. The minimum absolute atomic E-state index is 0.0130. The zero-order valence-electron chi connectivity index (χ0n) is 16.6. The maximum Gasteiger partial charge on any atom is 0.147 e. The normalized spacial score (nSPS) is 21.5. The number of allylic oxidation sites excluding steroid dienone is 1. The molecule has 2 atom stereocenters. The average Bonchev–Trinajstić information content (AvgIpc) is 3.38. The summed E-state index contributed by atoms with van der Waals surface area (Å²) in [5.74, 6) is 0.885. The summed E-state index contributed by atoms with van der Waals surface area (Å²) in [5.41, 5.74) is 4.84. The molecule has 4 rings (SSSR count). The Morgan fingerprint density at radius 2 is 1.82 bits per heavy atom. The first-order chi connectivity index (χ1) is 13.6. The Kier molecular flexibility index (Phi) is 5.54. The molecular formula is C24H28O4. The van der Waals surface area contributed by atoms with E-state index in [-0.39, 0.29) is 17.6 Å². The Morgan fingerprint density at radius 1 is 1.07 bits per heavy atom. The highest BCUT2D eigenvalue weighted by molar-refractivity contribution is 5.44. The van der Waals surface area contributed by atoms with Gasteiger partial charge in [-0.25, -0.2) is 0 Å². The van der Waals surface area contributed by atoms with Crippen LogP contribution in [0.3, 0.4) is 0 Å². The molecule has 0 spiro atoms. The van der Waals surface area contributed by atoms with E-state index in [9.17, 15) is 0 Å². The summed E-state index contributed by atoms with van der Waals surface area (Å²) < 4.78 is 22.1. The lowest BCUT2D eigenvalue weighted by molar-refractivity contribution is 0.0464. The van der Waals surface area contributed by atoms with Gasteiger partial charge in [0.2, 0.25) is 0 Å². The summed E-state index contributed by atoms with van der Waals surface area (Å²) in [4.78, 5) is 0. The highest BCUT2D eigenvalue weighted by atomic mass is 16.7. The molecule has 0 N–H and O–H groups in total. The molecule has 148 valence electrons. The Labute approximate surface area is 167 Å². The second-order valence-corrected chi connectivity index (χ2v) is 7.97. The van der Waals surface area contributed by atoms with Crippen molar-refractivity contribution in [1.29, 1.82) is 0 Å². The molecule has 2 aromatic carbocycles. The fourth-order valence-corrected chi connectivity index (χ4v) is 3.64. The summed E-state index contributed by atoms with van der Waals surface area (Å²) in [6, 6.07) is 15.1. The van der Waals surface area contributed by atoms with Crippen molar-refractivity contribution in [3.05, 3.63) is 77.4 Å². The number of ether oxygens (including phenoxy) is 4. The lowest BCUT2D eigenvalue weighted by atomic mass is 9.77. The van der Waals surface area contributed by atoms with Crippen molar-refractivity contribution in [2.24, 2.45) is 0 Å². The molecule has 2 aliphatic heterocycles. The summed E-state index contributed by atoms with van der Waals surface area (Å²) >= 11 is 0. The average molecular weight is 380 g/mol. The minimum Gasteiger partial charge on any atom is -0.491 e. The maximum atomic E-state index is 5.77. The smallest absolute Gasteiger partial charge is 0.147 e. The second kappa shape index (κ2) is 8.08. The van der Waals surface area contributed by atoms with Crippen LogP contribution in [0, 0.1) is 0 Å². The van der Waals surface area contributed by atoms with Gasteiger partial charge in [0.05, 0.1) is 13.2 Å². The molecule has 2 saturated heterocycles. The molecule has 2 aliphatic rings. The monoisotopic (exact) mass is 380 g/mol. The van der Waals surface area contributed by atoms with E-state index in [1.54, 1.807) is 0 Å². The van der Waals surface area contributed by atoms with Gasteiger partial charge in [-0.2, -0.15) is 0 Å². The molecule has 0 saturated carbocycles. The molecule has 0 aromatic heterocycles.